The van der Waals surface area contributed by atoms with Gasteiger partial charge in [-0.25, -0.2) is 0 Å². The Labute approximate surface area is 102 Å². The summed E-state index contributed by atoms with van der Waals surface area (Å²) in [7, 11) is 1.72. The molecule has 0 radical (unpaired) electrons. The fourth-order valence-electron chi connectivity index (χ4n) is 1.27. The standard InChI is InChI=1S/C9H12N8O/c1-5(8-14-16-17-15-8)11-9(18)6-3-4-7(10-2)13-12-6/h3-5H,1-2H3,(H,10,13)(H,11,18)(H,14,15,16,17). The highest BCUT2D eigenvalue weighted by Crippen LogP contribution is 2.06. The number of hydrogen-bond acceptors (Lipinski definition) is 7. The molecule has 0 fully saturated rings. The minimum Gasteiger partial charge on any atom is -0.372 e. The van der Waals surface area contributed by atoms with E-state index in [0.717, 1.165) is 0 Å². The largest absolute Gasteiger partial charge is 0.372 e. The van der Waals surface area contributed by atoms with Gasteiger partial charge in [0.25, 0.3) is 5.91 Å². The lowest BCUT2D eigenvalue weighted by Crippen LogP contribution is -2.28. The lowest BCUT2D eigenvalue weighted by atomic mass is 10.3. The summed E-state index contributed by atoms with van der Waals surface area (Å²) in [4.78, 5) is 11.8. The van der Waals surface area contributed by atoms with Crippen LogP contribution in [0.1, 0.15) is 29.3 Å². The molecule has 0 aliphatic heterocycles. The second-order valence-corrected chi connectivity index (χ2v) is 3.52. The molecule has 9 heteroatoms. The van der Waals surface area contributed by atoms with Gasteiger partial charge in [-0.3, -0.25) is 4.79 Å². The predicted octanol–water partition coefficient (Wildman–Crippen LogP) is -0.478. The Morgan fingerprint density at radius 2 is 2.17 bits per heavy atom. The normalized spacial score (nSPS) is 11.9. The van der Waals surface area contributed by atoms with Crippen molar-refractivity contribution < 1.29 is 4.79 Å². The molecular formula is C9H12N8O. The average molecular weight is 248 g/mol. The molecule has 3 N–H and O–H groups in total. The van der Waals surface area contributed by atoms with Crippen molar-refractivity contribution in [3.63, 3.8) is 0 Å². The number of H-pyrrole nitrogens is 1. The second-order valence-electron chi connectivity index (χ2n) is 3.52. The van der Waals surface area contributed by atoms with Gasteiger partial charge in [-0.05, 0) is 19.1 Å². The molecule has 1 unspecified atom stereocenters. The summed E-state index contributed by atoms with van der Waals surface area (Å²) in [6.45, 7) is 1.75. The van der Waals surface area contributed by atoms with E-state index in [1.165, 1.54) is 0 Å². The number of nitrogens with zero attached hydrogens (tertiary/aromatic N) is 5. The molecule has 9 nitrogen and oxygen atoms in total. The van der Waals surface area contributed by atoms with E-state index in [2.05, 4.69) is 41.5 Å². The van der Waals surface area contributed by atoms with Crippen molar-refractivity contribution in [2.24, 2.45) is 0 Å². The maximum absolute atomic E-state index is 11.8. The van der Waals surface area contributed by atoms with Crippen LogP contribution in [0, 0.1) is 0 Å². The van der Waals surface area contributed by atoms with Gasteiger partial charge in [0.2, 0.25) is 0 Å². The van der Waals surface area contributed by atoms with Crippen molar-refractivity contribution in [1.29, 1.82) is 0 Å². The quantitative estimate of drug-likeness (QED) is 0.668. The van der Waals surface area contributed by atoms with Gasteiger partial charge >= 0.3 is 0 Å². The van der Waals surface area contributed by atoms with Gasteiger partial charge in [-0.2, -0.15) is 5.21 Å². The highest BCUT2D eigenvalue weighted by Gasteiger charge is 2.15. The van der Waals surface area contributed by atoms with Gasteiger partial charge < -0.3 is 10.6 Å². The van der Waals surface area contributed by atoms with E-state index in [1.54, 1.807) is 26.1 Å². The zero-order valence-electron chi connectivity index (χ0n) is 9.88. The van der Waals surface area contributed by atoms with E-state index in [-0.39, 0.29) is 17.6 Å². The summed E-state index contributed by atoms with van der Waals surface area (Å²) in [5, 5.41) is 26.4. The van der Waals surface area contributed by atoms with Crippen molar-refractivity contribution >= 4 is 11.7 Å². The Kier molecular flexibility index (Phi) is 3.41. The molecule has 0 saturated carbocycles. The van der Waals surface area contributed by atoms with Crippen LogP contribution in [0.15, 0.2) is 12.1 Å². The van der Waals surface area contributed by atoms with Crippen LogP contribution in [0.5, 0.6) is 0 Å². The van der Waals surface area contributed by atoms with Crippen LogP contribution in [-0.4, -0.2) is 43.8 Å². The van der Waals surface area contributed by atoms with Crippen LogP contribution >= 0.6 is 0 Å². The Hall–Kier alpha value is -2.58. The van der Waals surface area contributed by atoms with E-state index in [9.17, 15) is 4.79 Å². The Bertz CT molecular complexity index is 508. The Morgan fingerprint density at radius 3 is 2.72 bits per heavy atom. The number of hydrogen-bond donors (Lipinski definition) is 3. The maximum Gasteiger partial charge on any atom is 0.272 e. The molecule has 2 heterocycles. The molecule has 0 aliphatic carbocycles. The summed E-state index contributed by atoms with van der Waals surface area (Å²) in [6, 6.07) is 2.89. The summed E-state index contributed by atoms with van der Waals surface area (Å²) < 4.78 is 0. The average Bonchev–Trinajstić information content (AvgIpc) is 2.92. The molecule has 1 amide bonds. The van der Waals surface area contributed by atoms with Crippen LogP contribution in [0.25, 0.3) is 0 Å². The molecule has 2 aromatic heterocycles. The monoisotopic (exact) mass is 248 g/mol. The lowest BCUT2D eigenvalue weighted by Gasteiger charge is -2.09. The number of carbonyl (C=O) groups is 1. The number of nitrogens with one attached hydrogen (secondary N) is 3. The fourth-order valence-corrected chi connectivity index (χ4v) is 1.27. The minimum atomic E-state index is -0.359. The minimum absolute atomic E-state index is 0.226. The number of aromatic nitrogens is 6. The third-order valence-corrected chi connectivity index (χ3v) is 2.25. The van der Waals surface area contributed by atoms with E-state index >= 15 is 0 Å². The number of carbonyl (C=O) groups excluding carboxylic acids is 1. The van der Waals surface area contributed by atoms with Crippen molar-refractivity contribution in [1.82, 2.24) is 36.1 Å². The number of rotatable bonds is 4. The molecule has 0 aliphatic rings. The first-order valence-electron chi connectivity index (χ1n) is 5.26. The second kappa shape index (κ2) is 5.17. The maximum atomic E-state index is 11.8. The number of anilines is 1. The lowest BCUT2D eigenvalue weighted by molar-refractivity contribution is 0.0932. The van der Waals surface area contributed by atoms with Crippen molar-refractivity contribution in [3.8, 4) is 0 Å². The molecule has 94 valence electrons. The fraction of sp³-hybridized carbons (Fsp3) is 0.333. The predicted molar refractivity (Wildman–Crippen MR) is 61.6 cm³/mol. The van der Waals surface area contributed by atoms with Gasteiger partial charge in [0, 0.05) is 7.05 Å². The smallest absolute Gasteiger partial charge is 0.272 e. The highest BCUT2D eigenvalue weighted by molar-refractivity contribution is 5.92. The molecule has 0 saturated heterocycles. The summed E-state index contributed by atoms with van der Waals surface area (Å²) in [5.41, 5.74) is 0.226. The Balaban J connectivity index is 2.03. The molecule has 2 rings (SSSR count). The zero-order valence-corrected chi connectivity index (χ0v) is 9.88. The summed E-state index contributed by atoms with van der Waals surface area (Å²) >= 11 is 0. The molecule has 2 aromatic rings. The molecule has 0 bridgehead atoms. The van der Waals surface area contributed by atoms with E-state index in [0.29, 0.717) is 11.6 Å². The van der Waals surface area contributed by atoms with Crippen molar-refractivity contribution in [3.05, 3.63) is 23.7 Å². The molecule has 18 heavy (non-hydrogen) atoms. The van der Waals surface area contributed by atoms with E-state index < -0.39 is 0 Å². The van der Waals surface area contributed by atoms with Crippen LogP contribution in [0.3, 0.4) is 0 Å². The molecule has 1 atom stereocenters. The molecular weight excluding hydrogens is 236 g/mol. The van der Waals surface area contributed by atoms with Crippen LogP contribution in [0.2, 0.25) is 0 Å². The molecule has 0 aromatic carbocycles. The van der Waals surface area contributed by atoms with Crippen LogP contribution < -0.4 is 10.6 Å². The number of amides is 1. The van der Waals surface area contributed by atoms with Gasteiger partial charge in [0.1, 0.15) is 5.82 Å². The van der Waals surface area contributed by atoms with Gasteiger partial charge in [0.15, 0.2) is 11.5 Å². The summed E-state index contributed by atoms with van der Waals surface area (Å²) in [5.74, 6) is 0.656. The first-order valence-corrected chi connectivity index (χ1v) is 5.26. The first kappa shape index (κ1) is 11.9. The number of aromatic amines is 1. The number of tetrazole rings is 1. The van der Waals surface area contributed by atoms with Crippen LogP contribution in [0.4, 0.5) is 5.82 Å². The highest BCUT2D eigenvalue weighted by atomic mass is 16.2. The van der Waals surface area contributed by atoms with E-state index in [1.807, 2.05) is 0 Å². The summed E-state index contributed by atoms with van der Waals surface area (Å²) in [6.07, 6.45) is 0. The topological polar surface area (TPSA) is 121 Å². The Morgan fingerprint density at radius 1 is 1.33 bits per heavy atom. The molecule has 0 spiro atoms. The first-order chi connectivity index (χ1) is 8.70. The van der Waals surface area contributed by atoms with Gasteiger partial charge in [0.05, 0.1) is 6.04 Å². The van der Waals surface area contributed by atoms with Crippen molar-refractivity contribution in [2.75, 3.05) is 12.4 Å². The van der Waals surface area contributed by atoms with E-state index in [4.69, 9.17) is 0 Å². The SMILES string of the molecule is CNc1ccc(C(=O)NC(C)c2nn[nH]n2)nn1. The van der Waals surface area contributed by atoms with Crippen molar-refractivity contribution in [2.45, 2.75) is 13.0 Å². The third kappa shape index (κ3) is 2.56. The third-order valence-electron chi connectivity index (χ3n) is 2.25. The van der Waals surface area contributed by atoms with Gasteiger partial charge in [-0.15, -0.1) is 20.4 Å². The van der Waals surface area contributed by atoms with Crippen LogP contribution in [-0.2, 0) is 0 Å². The zero-order chi connectivity index (χ0) is 13.0. The van der Waals surface area contributed by atoms with Gasteiger partial charge in [-0.1, -0.05) is 5.21 Å².